The summed E-state index contributed by atoms with van der Waals surface area (Å²) in [5.41, 5.74) is 1.18. The predicted molar refractivity (Wildman–Crippen MR) is 72.6 cm³/mol. The lowest BCUT2D eigenvalue weighted by molar-refractivity contribution is -0.117. The molecule has 0 radical (unpaired) electrons. The van der Waals surface area contributed by atoms with Crippen molar-refractivity contribution in [2.45, 2.75) is 13.5 Å². The van der Waals surface area contributed by atoms with Crippen molar-refractivity contribution in [1.82, 2.24) is 10.1 Å². The molecule has 100 valence electrons. The summed E-state index contributed by atoms with van der Waals surface area (Å²) >= 11 is 0. The number of likely N-dealkylation sites (N-methyl/N-ethyl adjacent to an activating group) is 1. The van der Waals surface area contributed by atoms with Crippen LogP contribution in [0.5, 0.6) is 0 Å². The molecule has 1 amide bonds. The lowest BCUT2D eigenvalue weighted by atomic mass is 10.2. The van der Waals surface area contributed by atoms with E-state index in [-0.39, 0.29) is 5.91 Å². The monoisotopic (exact) mass is 259 g/mol. The number of aromatic nitrogens is 1. The van der Waals surface area contributed by atoms with Crippen molar-refractivity contribution in [3.63, 3.8) is 0 Å². The van der Waals surface area contributed by atoms with Gasteiger partial charge in [-0.05, 0) is 19.5 Å². The minimum absolute atomic E-state index is 0.105. The van der Waals surface area contributed by atoms with Crippen LogP contribution in [-0.4, -0.2) is 29.6 Å². The van der Waals surface area contributed by atoms with Gasteiger partial charge in [-0.25, -0.2) is 0 Å². The van der Waals surface area contributed by atoms with Crippen LogP contribution in [0.15, 0.2) is 40.9 Å². The maximum absolute atomic E-state index is 11.8. The van der Waals surface area contributed by atoms with Gasteiger partial charge >= 0.3 is 0 Å². The fourth-order valence-corrected chi connectivity index (χ4v) is 1.80. The third-order valence-electron chi connectivity index (χ3n) is 2.60. The number of nitrogens with zero attached hydrogens (tertiary/aromatic N) is 2. The minimum atomic E-state index is -0.105. The Labute approximate surface area is 112 Å². The fraction of sp³-hybridized carbons (Fsp3) is 0.286. The zero-order valence-electron chi connectivity index (χ0n) is 11.1. The first kappa shape index (κ1) is 13.3. The van der Waals surface area contributed by atoms with Crippen LogP contribution in [-0.2, 0) is 11.3 Å². The van der Waals surface area contributed by atoms with E-state index in [2.05, 4.69) is 10.5 Å². The Kier molecular flexibility index (Phi) is 4.30. The number of anilines is 1. The van der Waals surface area contributed by atoms with Gasteiger partial charge in [-0.1, -0.05) is 35.5 Å². The molecule has 5 heteroatoms. The molecule has 0 bridgehead atoms. The van der Waals surface area contributed by atoms with Crippen molar-refractivity contribution >= 4 is 11.7 Å². The lowest BCUT2D eigenvalue weighted by Gasteiger charge is -2.15. The van der Waals surface area contributed by atoms with Crippen molar-refractivity contribution in [2.75, 3.05) is 18.9 Å². The maximum atomic E-state index is 11.8. The summed E-state index contributed by atoms with van der Waals surface area (Å²) in [6.45, 7) is 2.82. The van der Waals surface area contributed by atoms with Crippen molar-refractivity contribution in [1.29, 1.82) is 0 Å². The third-order valence-corrected chi connectivity index (χ3v) is 2.60. The van der Waals surface area contributed by atoms with Crippen LogP contribution < -0.4 is 5.32 Å². The quantitative estimate of drug-likeness (QED) is 0.892. The number of hydrogen-bond donors (Lipinski definition) is 1. The van der Waals surface area contributed by atoms with Crippen LogP contribution in [0.25, 0.3) is 0 Å². The second-order valence-electron chi connectivity index (χ2n) is 4.53. The number of amides is 1. The molecule has 19 heavy (non-hydrogen) atoms. The van der Waals surface area contributed by atoms with Crippen LogP contribution in [0, 0.1) is 6.92 Å². The van der Waals surface area contributed by atoms with Gasteiger partial charge in [-0.2, -0.15) is 0 Å². The highest BCUT2D eigenvalue weighted by Crippen LogP contribution is 2.07. The highest BCUT2D eigenvalue weighted by molar-refractivity contribution is 5.91. The fourth-order valence-electron chi connectivity index (χ4n) is 1.80. The number of benzene rings is 1. The second kappa shape index (κ2) is 6.15. The molecule has 0 spiro atoms. The van der Waals surface area contributed by atoms with Gasteiger partial charge in [0.15, 0.2) is 5.82 Å². The number of aryl methyl sites for hydroxylation is 1. The summed E-state index contributed by atoms with van der Waals surface area (Å²) in [5, 5.41) is 6.42. The summed E-state index contributed by atoms with van der Waals surface area (Å²) in [6, 6.07) is 11.7. The van der Waals surface area contributed by atoms with Crippen LogP contribution >= 0.6 is 0 Å². The molecule has 1 N–H and O–H groups in total. The first-order valence-corrected chi connectivity index (χ1v) is 6.09. The first-order chi connectivity index (χ1) is 9.13. The zero-order chi connectivity index (χ0) is 13.7. The molecule has 0 aliphatic carbocycles. The average molecular weight is 259 g/mol. The smallest absolute Gasteiger partial charge is 0.239 e. The highest BCUT2D eigenvalue weighted by Gasteiger charge is 2.09. The lowest BCUT2D eigenvalue weighted by Crippen LogP contribution is -2.29. The molecule has 0 saturated heterocycles. The first-order valence-electron chi connectivity index (χ1n) is 6.09. The highest BCUT2D eigenvalue weighted by atomic mass is 16.5. The number of hydrogen-bond acceptors (Lipinski definition) is 4. The van der Waals surface area contributed by atoms with E-state index in [9.17, 15) is 4.79 Å². The van der Waals surface area contributed by atoms with Crippen LogP contribution in [0.4, 0.5) is 5.82 Å². The van der Waals surface area contributed by atoms with E-state index in [4.69, 9.17) is 4.52 Å². The van der Waals surface area contributed by atoms with Gasteiger partial charge in [-0.3, -0.25) is 9.69 Å². The average Bonchev–Trinajstić information content (AvgIpc) is 2.75. The van der Waals surface area contributed by atoms with Crippen molar-refractivity contribution in [2.24, 2.45) is 0 Å². The zero-order valence-corrected chi connectivity index (χ0v) is 11.1. The molecule has 1 heterocycles. The van der Waals surface area contributed by atoms with Crippen molar-refractivity contribution in [3.05, 3.63) is 47.7 Å². The van der Waals surface area contributed by atoms with Gasteiger partial charge in [0.05, 0.1) is 6.54 Å². The molecule has 2 aromatic rings. The van der Waals surface area contributed by atoms with Crippen molar-refractivity contribution in [3.8, 4) is 0 Å². The van der Waals surface area contributed by atoms with Crippen LogP contribution in [0.2, 0.25) is 0 Å². The van der Waals surface area contributed by atoms with Crippen molar-refractivity contribution < 1.29 is 9.32 Å². The number of rotatable bonds is 5. The van der Waals surface area contributed by atoms with E-state index in [0.29, 0.717) is 18.1 Å². The Bertz CT molecular complexity index is 537. The molecule has 0 atom stereocenters. The summed E-state index contributed by atoms with van der Waals surface area (Å²) in [4.78, 5) is 13.7. The summed E-state index contributed by atoms with van der Waals surface area (Å²) in [7, 11) is 1.90. The molecule has 0 saturated carbocycles. The van der Waals surface area contributed by atoms with Crippen LogP contribution in [0.3, 0.4) is 0 Å². The predicted octanol–water partition coefficient (Wildman–Crippen LogP) is 2.05. The molecule has 1 aromatic heterocycles. The topological polar surface area (TPSA) is 58.4 Å². The largest absolute Gasteiger partial charge is 0.360 e. The van der Waals surface area contributed by atoms with E-state index in [0.717, 1.165) is 6.54 Å². The van der Waals surface area contributed by atoms with Gasteiger partial charge in [0.1, 0.15) is 5.76 Å². The maximum Gasteiger partial charge on any atom is 0.239 e. The number of carbonyl (C=O) groups is 1. The van der Waals surface area contributed by atoms with Gasteiger partial charge in [-0.15, -0.1) is 0 Å². The second-order valence-corrected chi connectivity index (χ2v) is 4.53. The molecule has 0 fully saturated rings. The molecular formula is C14H17N3O2. The number of carbonyl (C=O) groups excluding carboxylic acids is 1. The SMILES string of the molecule is Cc1cc(NC(=O)CN(C)Cc2ccccc2)no1. The Morgan fingerprint density at radius 1 is 1.37 bits per heavy atom. The van der Waals surface area contributed by atoms with Gasteiger partial charge in [0.25, 0.3) is 0 Å². The van der Waals surface area contributed by atoms with E-state index in [1.54, 1.807) is 13.0 Å². The Balaban J connectivity index is 1.82. The normalized spacial score (nSPS) is 10.7. The molecular weight excluding hydrogens is 242 g/mol. The Morgan fingerprint density at radius 2 is 2.11 bits per heavy atom. The molecule has 5 nitrogen and oxygen atoms in total. The third kappa shape index (κ3) is 4.22. The van der Waals surface area contributed by atoms with E-state index in [1.165, 1.54) is 5.56 Å². The summed E-state index contributed by atoms with van der Waals surface area (Å²) in [6.07, 6.45) is 0. The molecule has 0 aliphatic rings. The number of nitrogens with one attached hydrogen (secondary N) is 1. The standard InChI is InChI=1S/C14H17N3O2/c1-11-8-13(16-19-11)15-14(18)10-17(2)9-12-6-4-3-5-7-12/h3-8H,9-10H2,1-2H3,(H,15,16,18). The Hall–Kier alpha value is -2.14. The van der Waals surface area contributed by atoms with E-state index >= 15 is 0 Å². The van der Waals surface area contributed by atoms with Gasteiger partial charge in [0, 0.05) is 12.6 Å². The molecule has 2 rings (SSSR count). The molecule has 0 unspecified atom stereocenters. The molecule has 0 aliphatic heterocycles. The van der Waals surface area contributed by atoms with Gasteiger partial charge < -0.3 is 9.84 Å². The molecule has 1 aromatic carbocycles. The Morgan fingerprint density at radius 3 is 2.74 bits per heavy atom. The summed E-state index contributed by atoms with van der Waals surface area (Å²) in [5.74, 6) is 1.02. The summed E-state index contributed by atoms with van der Waals surface area (Å²) < 4.78 is 4.89. The van der Waals surface area contributed by atoms with Crippen LogP contribution in [0.1, 0.15) is 11.3 Å². The minimum Gasteiger partial charge on any atom is -0.360 e. The van der Waals surface area contributed by atoms with Gasteiger partial charge in [0.2, 0.25) is 5.91 Å². The van der Waals surface area contributed by atoms with E-state index in [1.807, 2.05) is 42.3 Å². The van der Waals surface area contributed by atoms with E-state index < -0.39 is 0 Å².